The predicted octanol–water partition coefficient (Wildman–Crippen LogP) is 3.37. The molecule has 0 saturated heterocycles. The Labute approximate surface area is 171 Å². The van der Waals surface area contributed by atoms with Crippen LogP contribution in [0.3, 0.4) is 0 Å². The van der Waals surface area contributed by atoms with Crippen molar-refractivity contribution in [2.75, 3.05) is 21.5 Å². The molecule has 3 rings (SSSR count). The van der Waals surface area contributed by atoms with E-state index in [1.54, 1.807) is 37.3 Å². The summed E-state index contributed by atoms with van der Waals surface area (Å²) in [6.07, 6.45) is 0. The van der Waals surface area contributed by atoms with Gasteiger partial charge in [0.1, 0.15) is 5.82 Å². The first-order valence-electron chi connectivity index (χ1n) is 8.47. The topological polar surface area (TPSA) is 114 Å². The normalized spacial score (nSPS) is 11.2. The van der Waals surface area contributed by atoms with E-state index in [4.69, 9.17) is 4.42 Å². The van der Waals surface area contributed by atoms with E-state index in [1.165, 1.54) is 18.2 Å². The molecule has 1 amide bonds. The average Bonchev–Trinajstić information content (AvgIpc) is 3.16. The zero-order valence-corrected chi connectivity index (χ0v) is 16.9. The van der Waals surface area contributed by atoms with Crippen LogP contribution in [0, 0.1) is 5.82 Å². The molecule has 0 aliphatic heterocycles. The van der Waals surface area contributed by atoms with Gasteiger partial charge in [-0.05, 0) is 49.4 Å². The number of sulfonamides is 1. The Morgan fingerprint density at radius 3 is 2.59 bits per heavy atom. The molecule has 2 N–H and O–H groups in total. The summed E-state index contributed by atoms with van der Waals surface area (Å²) in [5.74, 6) is -0.553. The third kappa shape index (κ3) is 6.03. The maximum Gasteiger partial charge on any atom is 0.277 e. The number of aromatic nitrogens is 2. The van der Waals surface area contributed by atoms with Gasteiger partial charge < -0.3 is 9.73 Å². The quantitative estimate of drug-likeness (QED) is 0.520. The van der Waals surface area contributed by atoms with Gasteiger partial charge in [-0.3, -0.25) is 9.52 Å². The molecule has 0 aliphatic carbocycles. The zero-order valence-electron chi connectivity index (χ0n) is 15.3. The lowest BCUT2D eigenvalue weighted by atomic mass is 10.2. The lowest BCUT2D eigenvalue weighted by Crippen LogP contribution is -2.14. The van der Waals surface area contributed by atoms with E-state index >= 15 is 0 Å². The molecular formula is C18H17FN4O4S2. The fraction of sp³-hybridized carbons (Fsp3) is 0.167. The van der Waals surface area contributed by atoms with Gasteiger partial charge in [0.15, 0.2) is 0 Å². The summed E-state index contributed by atoms with van der Waals surface area (Å²) in [5, 5.41) is 10.6. The van der Waals surface area contributed by atoms with Crippen LogP contribution in [-0.2, 0) is 14.8 Å². The molecule has 3 aromatic rings. The molecule has 0 saturated carbocycles. The molecule has 2 aromatic carbocycles. The van der Waals surface area contributed by atoms with E-state index in [0.717, 1.165) is 11.8 Å². The van der Waals surface area contributed by atoms with Crippen LogP contribution in [0.2, 0.25) is 0 Å². The summed E-state index contributed by atoms with van der Waals surface area (Å²) in [6.45, 7) is 1.55. The molecule has 0 aliphatic rings. The Morgan fingerprint density at radius 1 is 1.14 bits per heavy atom. The molecule has 1 heterocycles. The minimum absolute atomic E-state index is 0.00980. The van der Waals surface area contributed by atoms with Gasteiger partial charge in [0.25, 0.3) is 5.22 Å². The Morgan fingerprint density at radius 2 is 1.90 bits per heavy atom. The van der Waals surface area contributed by atoms with E-state index in [1.807, 2.05) is 0 Å². The van der Waals surface area contributed by atoms with E-state index in [-0.39, 0.29) is 28.5 Å². The fourth-order valence-corrected chi connectivity index (χ4v) is 3.41. The molecular weight excluding hydrogens is 419 g/mol. The lowest BCUT2D eigenvalue weighted by Gasteiger charge is -2.05. The molecule has 29 heavy (non-hydrogen) atoms. The summed E-state index contributed by atoms with van der Waals surface area (Å²) in [7, 11) is -3.35. The number of hydrogen-bond acceptors (Lipinski definition) is 7. The summed E-state index contributed by atoms with van der Waals surface area (Å²) in [6, 6.07) is 12.1. The number of rotatable bonds is 8. The van der Waals surface area contributed by atoms with Crippen LogP contribution < -0.4 is 10.0 Å². The Kier molecular flexibility index (Phi) is 6.49. The number of anilines is 2. The third-order valence-corrected chi connectivity index (χ3v) is 5.75. The Hall–Kier alpha value is -2.92. The van der Waals surface area contributed by atoms with Gasteiger partial charge in [0.2, 0.25) is 21.8 Å². The summed E-state index contributed by atoms with van der Waals surface area (Å²) < 4.78 is 44.2. The monoisotopic (exact) mass is 436 g/mol. The van der Waals surface area contributed by atoms with Crippen LogP contribution in [0.1, 0.15) is 6.92 Å². The summed E-state index contributed by atoms with van der Waals surface area (Å²) >= 11 is 1.04. The second-order valence-corrected chi connectivity index (χ2v) is 8.74. The molecule has 0 radical (unpaired) electrons. The van der Waals surface area contributed by atoms with Crippen molar-refractivity contribution in [3.8, 4) is 11.5 Å². The van der Waals surface area contributed by atoms with Gasteiger partial charge in [-0.1, -0.05) is 17.8 Å². The molecule has 0 unspecified atom stereocenters. The van der Waals surface area contributed by atoms with Crippen molar-refractivity contribution in [3.63, 3.8) is 0 Å². The van der Waals surface area contributed by atoms with Crippen LogP contribution >= 0.6 is 11.8 Å². The number of thioether (sulfide) groups is 1. The van der Waals surface area contributed by atoms with Crippen molar-refractivity contribution in [1.29, 1.82) is 0 Å². The predicted molar refractivity (Wildman–Crippen MR) is 109 cm³/mol. The number of benzene rings is 2. The molecule has 0 spiro atoms. The summed E-state index contributed by atoms with van der Waals surface area (Å²) in [4.78, 5) is 11.9. The van der Waals surface area contributed by atoms with Crippen molar-refractivity contribution in [2.24, 2.45) is 0 Å². The molecule has 1 aromatic heterocycles. The zero-order chi connectivity index (χ0) is 20.9. The van der Waals surface area contributed by atoms with Crippen molar-refractivity contribution in [2.45, 2.75) is 12.1 Å². The fourth-order valence-electron chi connectivity index (χ4n) is 2.21. The Balaban J connectivity index is 1.57. The largest absolute Gasteiger partial charge is 0.411 e. The first-order chi connectivity index (χ1) is 13.8. The number of carbonyl (C=O) groups excluding carboxylic acids is 1. The van der Waals surface area contributed by atoms with Gasteiger partial charge in [-0.2, -0.15) is 0 Å². The maximum absolute atomic E-state index is 13.1. The highest BCUT2D eigenvalue weighted by molar-refractivity contribution is 7.99. The van der Waals surface area contributed by atoms with Gasteiger partial charge in [0, 0.05) is 16.9 Å². The van der Waals surface area contributed by atoms with E-state index < -0.39 is 15.8 Å². The van der Waals surface area contributed by atoms with Crippen LogP contribution in [0.4, 0.5) is 15.8 Å². The Bertz CT molecular complexity index is 1100. The highest BCUT2D eigenvalue weighted by Gasteiger charge is 2.12. The average molecular weight is 436 g/mol. The number of carbonyl (C=O) groups is 1. The first-order valence-corrected chi connectivity index (χ1v) is 11.1. The van der Waals surface area contributed by atoms with Gasteiger partial charge in [0.05, 0.1) is 11.5 Å². The second-order valence-electron chi connectivity index (χ2n) is 5.80. The number of hydrogen-bond donors (Lipinski definition) is 2. The highest BCUT2D eigenvalue weighted by atomic mass is 32.2. The molecule has 0 bridgehead atoms. The molecule has 152 valence electrons. The van der Waals surface area contributed by atoms with E-state index in [2.05, 4.69) is 20.2 Å². The van der Waals surface area contributed by atoms with Gasteiger partial charge in [-0.15, -0.1) is 10.2 Å². The van der Waals surface area contributed by atoms with Crippen LogP contribution in [-0.4, -0.2) is 36.0 Å². The number of halogens is 1. The second kappa shape index (κ2) is 9.05. The molecule has 0 fully saturated rings. The number of amides is 1. The van der Waals surface area contributed by atoms with E-state index in [0.29, 0.717) is 16.9 Å². The summed E-state index contributed by atoms with van der Waals surface area (Å²) in [5.41, 5.74) is 1.40. The van der Waals surface area contributed by atoms with Crippen LogP contribution in [0.25, 0.3) is 11.5 Å². The smallest absolute Gasteiger partial charge is 0.277 e. The number of nitrogens with zero attached hydrogens (tertiary/aromatic N) is 2. The molecule has 8 nitrogen and oxygen atoms in total. The minimum Gasteiger partial charge on any atom is -0.411 e. The first kappa shape index (κ1) is 20.8. The van der Waals surface area contributed by atoms with Crippen molar-refractivity contribution < 1.29 is 22.0 Å². The van der Waals surface area contributed by atoms with Crippen molar-refractivity contribution in [1.82, 2.24) is 10.2 Å². The van der Waals surface area contributed by atoms with Crippen LogP contribution in [0.5, 0.6) is 0 Å². The minimum atomic E-state index is -3.35. The molecule has 11 heteroatoms. The third-order valence-electron chi connectivity index (χ3n) is 3.63. The van der Waals surface area contributed by atoms with Crippen LogP contribution in [0.15, 0.2) is 58.2 Å². The number of nitrogens with one attached hydrogen (secondary N) is 2. The van der Waals surface area contributed by atoms with Gasteiger partial charge >= 0.3 is 0 Å². The van der Waals surface area contributed by atoms with Gasteiger partial charge in [-0.25, -0.2) is 12.8 Å². The standard InChI is InChI=1S/C18H17FN4O4S2/c1-2-29(25,26)23-14-8-6-12(7-9-14)17-21-22-18(27-17)28-11-16(24)20-15-5-3-4-13(19)10-15/h3-10,23H,2,11H2,1H3,(H,20,24). The maximum atomic E-state index is 13.1. The van der Waals surface area contributed by atoms with Crippen molar-refractivity contribution in [3.05, 3.63) is 54.3 Å². The molecule has 0 atom stereocenters. The lowest BCUT2D eigenvalue weighted by molar-refractivity contribution is -0.113. The van der Waals surface area contributed by atoms with Crippen molar-refractivity contribution >= 4 is 39.1 Å². The SMILES string of the molecule is CCS(=O)(=O)Nc1ccc(-c2nnc(SCC(=O)Nc3cccc(F)c3)o2)cc1. The highest BCUT2D eigenvalue weighted by Crippen LogP contribution is 2.24. The van der Waals surface area contributed by atoms with E-state index in [9.17, 15) is 17.6 Å².